The molecule has 2 unspecified atom stereocenters. The van der Waals surface area contributed by atoms with Gasteiger partial charge >= 0.3 is 5.97 Å². The number of rotatable bonds is 75. The predicted octanol–water partition coefficient (Wildman–Crippen LogP) is 26.0. The third-order valence-corrected chi connectivity index (χ3v) is 18.8. The van der Waals surface area contributed by atoms with Crippen molar-refractivity contribution in [2.45, 2.75) is 463 Å². The number of hydrogen-bond donors (Lipinski definition) is 3. The van der Waals surface area contributed by atoms with Crippen LogP contribution >= 0.6 is 0 Å². The van der Waals surface area contributed by atoms with Crippen molar-refractivity contribution in [3.05, 3.63) is 24.3 Å². The van der Waals surface area contributed by atoms with Crippen LogP contribution in [-0.4, -0.2) is 47.4 Å². The molecule has 2 atom stereocenters. The van der Waals surface area contributed by atoms with E-state index < -0.39 is 12.1 Å². The van der Waals surface area contributed by atoms with Crippen LogP contribution in [0.2, 0.25) is 0 Å². The molecule has 86 heavy (non-hydrogen) atoms. The molecule has 0 aliphatic carbocycles. The zero-order valence-electron chi connectivity index (χ0n) is 58.6. The van der Waals surface area contributed by atoms with Gasteiger partial charge in [-0.25, -0.2) is 0 Å². The molecule has 0 aromatic heterocycles. The summed E-state index contributed by atoms with van der Waals surface area (Å²) in [6, 6.07) is -0.537. The van der Waals surface area contributed by atoms with Crippen molar-refractivity contribution in [2.24, 2.45) is 0 Å². The monoisotopic (exact) mass is 1210 g/mol. The number of carbonyl (C=O) groups excluding carboxylic acids is 2. The van der Waals surface area contributed by atoms with E-state index in [1.165, 1.54) is 366 Å². The lowest BCUT2D eigenvalue weighted by Gasteiger charge is -2.22. The van der Waals surface area contributed by atoms with Crippen LogP contribution in [0.25, 0.3) is 0 Å². The maximum Gasteiger partial charge on any atom is 0.305 e. The topological polar surface area (TPSA) is 95.9 Å². The van der Waals surface area contributed by atoms with Crippen LogP contribution in [0.1, 0.15) is 450 Å². The fourth-order valence-electron chi connectivity index (χ4n) is 12.7. The molecule has 0 fully saturated rings. The van der Waals surface area contributed by atoms with Gasteiger partial charge < -0.3 is 20.3 Å². The van der Waals surface area contributed by atoms with E-state index in [0.29, 0.717) is 25.9 Å². The van der Waals surface area contributed by atoms with Gasteiger partial charge in [-0.3, -0.25) is 9.59 Å². The van der Waals surface area contributed by atoms with Gasteiger partial charge in [-0.2, -0.15) is 0 Å². The molecule has 0 aromatic carbocycles. The van der Waals surface area contributed by atoms with Crippen LogP contribution < -0.4 is 5.32 Å². The minimum Gasteiger partial charge on any atom is -0.466 e. The molecule has 0 aliphatic rings. The Bertz CT molecular complexity index is 1350. The zero-order chi connectivity index (χ0) is 62.0. The summed E-state index contributed by atoms with van der Waals surface area (Å²) in [5, 5.41) is 23.4. The number of unbranched alkanes of at least 4 members (excludes halogenated alkanes) is 60. The third kappa shape index (κ3) is 71.4. The normalized spacial score (nSPS) is 12.6. The number of nitrogens with one attached hydrogen (secondary N) is 1. The van der Waals surface area contributed by atoms with Gasteiger partial charge in [0.25, 0.3) is 0 Å². The third-order valence-electron chi connectivity index (χ3n) is 18.8. The second kappa shape index (κ2) is 75.8. The summed E-state index contributed by atoms with van der Waals surface area (Å²) in [4.78, 5) is 24.6. The van der Waals surface area contributed by atoms with Gasteiger partial charge in [0.2, 0.25) is 5.91 Å². The molecule has 0 bridgehead atoms. The number of hydrogen-bond acceptors (Lipinski definition) is 5. The molecule has 510 valence electrons. The molecule has 0 aliphatic heterocycles. The van der Waals surface area contributed by atoms with Gasteiger partial charge in [-0.1, -0.05) is 404 Å². The van der Waals surface area contributed by atoms with Crippen molar-refractivity contribution in [2.75, 3.05) is 13.2 Å². The molecule has 0 radical (unpaired) electrons. The molecule has 6 nitrogen and oxygen atoms in total. The highest BCUT2D eigenvalue weighted by Crippen LogP contribution is 2.20. The SMILES string of the molecule is CCCCCC/C=C\C/C=C\CCCCCCCC(=O)OCCCCCCCCCCCCCCCCCCCCCCCCCCCCCCCCCCCCCC(=O)NC(CO)C(O)CCCCCCCCCCCCCCCCCCCC. The second-order valence-corrected chi connectivity index (χ2v) is 27.4. The van der Waals surface area contributed by atoms with Crippen LogP contribution in [0.4, 0.5) is 0 Å². The number of aliphatic hydroxyl groups is 2. The largest absolute Gasteiger partial charge is 0.466 e. The average molecular weight is 1210 g/mol. The number of allylic oxidation sites excluding steroid dienone is 4. The van der Waals surface area contributed by atoms with Crippen molar-refractivity contribution in [3.63, 3.8) is 0 Å². The lowest BCUT2D eigenvalue weighted by atomic mass is 10.0. The van der Waals surface area contributed by atoms with Gasteiger partial charge in [0.15, 0.2) is 0 Å². The van der Waals surface area contributed by atoms with Gasteiger partial charge in [-0.05, 0) is 57.8 Å². The van der Waals surface area contributed by atoms with Crippen LogP contribution in [0, 0.1) is 0 Å². The Morgan fingerprint density at radius 1 is 0.326 bits per heavy atom. The highest BCUT2D eigenvalue weighted by molar-refractivity contribution is 5.76. The summed E-state index contributed by atoms with van der Waals surface area (Å²) < 4.78 is 5.50. The van der Waals surface area contributed by atoms with Crippen molar-refractivity contribution in [3.8, 4) is 0 Å². The molecule has 0 saturated carbocycles. The standard InChI is InChI=1S/C80H155NO5/c1-3-5-7-9-11-13-15-17-19-21-41-44-48-52-56-60-64-68-72-78(83)77(76-82)81-79(84)73-69-65-61-57-53-49-45-42-39-37-35-33-31-29-27-25-23-22-24-26-28-30-32-34-36-38-40-43-47-51-55-59-63-67-71-75-86-80(85)74-70-66-62-58-54-50-46-20-18-16-14-12-10-8-6-4-2/h14,16,20,46,77-78,82-83H,3-13,15,17-19,21-45,47-76H2,1-2H3,(H,81,84)/b16-14-,46-20-. The fraction of sp³-hybridized carbons (Fsp3) is 0.925. The van der Waals surface area contributed by atoms with Crippen LogP contribution in [0.3, 0.4) is 0 Å². The number of amides is 1. The smallest absolute Gasteiger partial charge is 0.305 e. The number of aliphatic hydroxyl groups excluding tert-OH is 2. The molecule has 0 spiro atoms. The Morgan fingerprint density at radius 2 is 0.581 bits per heavy atom. The van der Waals surface area contributed by atoms with E-state index in [-0.39, 0.29) is 18.5 Å². The Hall–Kier alpha value is -1.66. The molecule has 0 aromatic rings. The first kappa shape index (κ1) is 84.3. The summed E-state index contributed by atoms with van der Waals surface area (Å²) in [6.45, 7) is 4.98. The summed E-state index contributed by atoms with van der Waals surface area (Å²) in [5.74, 6) is -0.0151. The Morgan fingerprint density at radius 3 is 0.895 bits per heavy atom. The summed E-state index contributed by atoms with van der Waals surface area (Å²) in [5.41, 5.74) is 0. The van der Waals surface area contributed by atoms with E-state index in [0.717, 1.165) is 51.4 Å². The minimum atomic E-state index is -0.661. The summed E-state index contributed by atoms with van der Waals surface area (Å²) >= 11 is 0. The van der Waals surface area contributed by atoms with Crippen molar-refractivity contribution in [1.29, 1.82) is 0 Å². The minimum absolute atomic E-state index is 0.00995. The highest BCUT2D eigenvalue weighted by atomic mass is 16.5. The maximum absolute atomic E-state index is 12.5. The number of carbonyl (C=O) groups is 2. The quantitative estimate of drug-likeness (QED) is 0.0320. The van der Waals surface area contributed by atoms with Gasteiger partial charge in [0.1, 0.15) is 0 Å². The molecular formula is C80H155NO5. The van der Waals surface area contributed by atoms with Crippen LogP contribution in [0.5, 0.6) is 0 Å². The van der Waals surface area contributed by atoms with Gasteiger partial charge in [0.05, 0.1) is 25.4 Å². The first-order chi connectivity index (χ1) is 42.5. The second-order valence-electron chi connectivity index (χ2n) is 27.4. The maximum atomic E-state index is 12.5. The Balaban J connectivity index is 3.31. The molecular weight excluding hydrogens is 1050 g/mol. The first-order valence-electron chi connectivity index (χ1n) is 39.6. The van der Waals surface area contributed by atoms with E-state index in [9.17, 15) is 19.8 Å². The molecule has 0 heterocycles. The fourth-order valence-corrected chi connectivity index (χ4v) is 12.7. The van der Waals surface area contributed by atoms with Crippen LogP contribution in [0.15, 0.2) is 24.3 Å². The van der Waals surface area contributed by atoms with E-state index >= 15 is 0 Å². The summed E-state index contributed by atoms with van der Waals surface area (Å²) in [7, 11) is 0. The number of ether oxygens (including phenoxy) is 1. The van der Waals surface area contributed by atoms with Crippen molar-refractivity contribution < 1.29 is 24.5 Å². The highest BCUT2D eigenvalue weighted by Gasteiger charge is 2.20. The Labute approximate surface area is 539 Å². The lowest BCUT2D eigenvalue weighted by Crippen LogP contribution is -2.45. The molecule has 3 N–H and O–H groups in total. The number of esters is 1. The average Bonchev–Trinajstić information content (AvgIpc) is 3.54. The van der Waals surface area contributed by atoms with E-state index in [1.54, 1.807) is 0 Å². The van der Waals surface area contributed by atoms with E-state index in [4.69, 9.17) is 4.74 Å². The van der Waals surface area contributed by atoms with E-state index in [1.807, 2.05) is 0 Å². The van der Waals surface area contributed by atoms with E-state index in [2.05, 4.69) is 43.5 Å². The molecule has 0 saturated heterocycles. The molecule has 0 rings (SSSR count). The van der Waals surface area contributed by atoms with Gasteiger partial charge in [-0.15, -0.1) is 0 Å². The predicted molar refractivity (Wildman–Crippen MR) is 380 cm³/mol. The Kier molecular flexibility index (Phi) is 74.3. The zero-order valence-corrected chi connectivity index (χ0v) is 58.6. The first-order valence-corrected chi connectivity index (χ1v) is 39.6. The van der Waals surface area contributed by atoms with Crippen molar-refractivity contribution in [1.82, 2.24) is 5.32 Å². The molecule has 1 amide bonds. The summed E-state index contributed by atoms with van der Waals surface area (Å²) in [6.07, 6.45) is 97.0. The van der Waals surface area contributed by atoms with Gasteiger partial charge in [0, 0.05) is 12.8 Å². The van der Waals surface area contributed by atoms with Crippen LogP contribution in [-0.2, 0) is 14.3 Å². The molecule has 6 heteroatoms. The lowest BCUT2D eigenvalue weighted by molar-refractivity contribution is -0.143. The van der Waals surface area contributed by atoms with Crippen molar-refractivity contribution >= 4 is 11.9 Å².